The van der Waals surface area contributed by atoms with Gasteiger partial charge >= 0.3 is 0 Å². The molecule has 0 aromatic carbocycles. The smallest absolute Gasteiger partial charge is 0.0617 e. The fourth-order valence-corrected chi connectivity index (χ4v) is 0.794. The molecule has 0 aliphatic rings. The zero-order valence-corrected chi connectivity index (χ0v) is 7.38. The minimum atomic E-state index is 0.180. The van der Waals surface area contributed by atoms with Gasteiger partial charge in [0.25, 0.3) is 0 Å². The Morgan fingerprint density at radius 3 is 2.91 bits per heavy atom. The van der Waals surface area contributed by atoms with Gasteiger partial charge in [0.15, 0.2) is 0 Å². The minimum Gasteiger partial charge on any atom is -0.380 e. The van der Waals surface area contributed by atoms with Gasteiger partial charge in [0.1, 0.15) is 0 Å². The van der Waals surface area contributed by atoms with Gasteiger partial charge in [0, 0.05) is 12.6 Å². The molecule has 0 radical (unpaired) electrons. The molecular weight excluding hydrogens is 138 g/mol. The van der Waals surface area contributed by atoms with Crippen molar-refractivity contribution in [2.45, 2.75) is 32.2 Å². The van der Waals surface area contributed by atoms with E-state index in [2.05, 4.69) is 13.5 Å². The predicted octanol–water partition coefficient (Wildman–Crippen LogP) is 1.71. The lowest BCUT2D eigenvalue weighted by atomic mass is 10.2. The van der Waals surface area contributed by atoms with Crippen LogP contribution in [0, 0.1) is 0 Å². The standard InChI is InChI=1S/C9H19NO/c1-3-5-6-9(10)8-11-7-4-2/h3,9H,1,4-8,10H2,2H3. The van der Waals surface area contributed by atoms with Crippen LogP contribution in [0.3, 0.4) is 0 Å². The van der Waals surface area contributed by atoms with Gasteiger partial charge in [-0.3, -0.25) is 0 Å². The minimum absolute atomic E-state index is 0.180. The topological polar surface area (TPSA) is 35.2 Å². The summed E-state index contributed by atoms with van der Waals surface area (Å²) < 4.78 is 5.28. The second-order valence-corrected chi connectivity index (χ2v) is 2.70. The van der Waals surface area contributed by atoms with Gasteiger partial charge in [0.2, 0.25) is 0 Å². The first-order valence-corrected chi connectivity index (χ1v) is 4.25. The van der Waals surface area contributed by atoms with Crippen LogP contribution >= 0.6 is 0 Å². The second-order valence-electron chi connectivity index (χ2n) is 2.70. The molecule has 0 saturated heterocycles. The van der Waals surface area contributed by atoms with Gasteiger partial charge in [-0.25, -0.2) is 0 Å². The third kappa shape index (κ3) is 7.56. The first kappa shape index (κ1) is 10.7. The highest BCUT2D eigenvalue weighted by molar-refractivity contribution is 4.70. The highest BCUT2D eigenvalue weighted by Crippen LogP contribution is 1.95. The average Bonchev–Trinajstić information content (AvgIpc) is 2.01. The van der Waals surface area contributed by atoms with Crippen molar-refractivity contribution in [1.82, 2.24) is 0 Å². The number of hydrogen-bond donors (Lipinski definition) is 1. The summed E-state index contributed by atoms with van der Waals surface area (Å²) in [6.07, 6.45) is 4.91. The number of ether oxygens (including phenoxy) is 1. The normalized spacial score (nSPS) is 12.9. The molecule has 2 heteroatoms. The molecular formula is C9H19NO. The zero-order valence-electron chi connectivity index (χ0n) is 7.38. The van der Waals surface area contributed by atoms with E-state index in [0.717, 1.165) is 25.9 Å². The number of hydrogen-bond acceptors (Lipinski definition) is 2. The van der Waals surface area contributed by atoms with Gasteiger partial charge < -0.3 is 10.5 Å². The molecule has 1 atom stereocenters. The lowest BCUT2D eigenvalue weighted by molar-refractivity contribution is 0.119. The zero-order chi connectivity index (χ0) is 8.53. The van der Waals surface area contributed by atoms with Crippen LogP contribution in [-0.2, 0) is 4.74 Å². The monoisotopic (exact) mass is 157 g/mol. The molecule has 66 valence electrons. The molecule has 0 fully saturated rings. The quantitative estimate of drug-likeness (QED) is 0.451. The van der Waals surface area contributed by atoms with Crippen molar-refractivity contribution in [3.05, 3.63) is 12.7 Å². The summed E-state index contributed by atoms with van der Waals surface area (Å²) in [4.78, 5) is 0. The second kappa shape index (κ2) is 7.76. The van der Waals surface area contributed by atoms with Gasteiger partial charge in [-0.1, -0.05) is 13.0 Å². The Bertz CT molecular complexity index is 93.6. The summed E-state index contributed by atoms with van der Waals surface area (Å²) in [5, 5.41) is 0. The Morgan fingerprint density at radius 1 is 1.64 bits per heavy atom. The molecule has 1 unspecified atom stereocenters. The molecule has 2 nitrogen and oxygen atoms in total. The number of nitrogens with two attached hydrogens (primary N) is 1. The van der Waals surface area contributed by atoms with Crippen molar-refractivity contribution in [1.29, 1.82) is 0 Å². The van der Waals surface area contributed by atoms with Crippen LogP contribution in [0.25, 0.3) is 0 Å². The van der Waals surface area contributed by atoms with Gasteiger partial charge in [-0.2, -0.15) is 0 Å². The molecule has 0 heterocycles. The highest BCUT2D eigenvalue weighted by Gasteiger charge is 1.99. The SMILES string of the molecule is C=CCCC(N)COCCC. The van der Waals surface area contributed by atoms with Gasteiger partial charge in [0.05, 0.1) is 6.61 Å². The van der Waals surface area contributed by atoms with Gasteiger partial charge in [-0.15, -0.1) is 6.58 Å². The summed E-state index contributed by atoms with van der Waals surface area (Å²) in [7, 11) is 0. The molecule has 0 aliphatic heterocycles. The van der Waals surface area contributed by atoms with E-state index in [1.807, 2.05) is 6.08 Å². The Balaban J connectivity index is 3.08. The van der Waals surface area contributed by atoms with Gasteiger partial charge in [-0.05, 0) is 19.3 Å². The Hall–Kier alpha value is -0.340. The molecule has 0 amide bonds. The van der Waals surface area contributed by atoms with Crippen molar-refractivity contribution in [2.24, 2.45) is 5.73 Å². The van der Waals surface area contributed by atoms with E-state index in [0.29, 0.717) is 6.61 Å². The van der Waals surface area contributed by atoms with Crippen molar-refractivity contribution in [3.8, 4) is 0 Å². The third-order valence-corrected chi connectivity index (χ3v) is 1.42. The fraction of sp³-hybridized carbons (Fsp3) is 0.778. The Kier molecular flexibility index (Phi) is 7.52. The van der Waals surface area contributed by atoms with Crippen LogP contribution in [0.2, 0.25) is 0 Å². The maximum absolute atomic E-state index is 5.73. The fourth-order valence-electron chi connectivity index (χ4n) is 0.794. The molecule has 0 bridgehead atoms. The lowest BCUT2D eigenvalue weighted by Crippen LogP contribution is -2.25. The average molecular weight is 157 g/mol. The third-order valence-electron chi connectivity index (χ3n) is 1.42. The molecule has 0 rings (SSSR count). The van der Waals surface area contributed by atoms with E-state index in [4.69, 9.17) is 10.5 Å². The summed E-state index contributed by atoms with van der Waals surface area (Å²) in [5.74, 6) is 0. The van der Waals surface area contributed by atoms with Crippen molar-refractivity contribution < 1.29 is 4.74 Å². The first-order chi connectivity index (χ1) is 5.31. The predicted molar refractivity (Wildman–Crippen MR) is 48.5 cm³/mol. The first-order valence-electron chi connectivity index (χ1n) is 4.25. The lowest BCUT2D eigenvalue weighted by Gasteiger charge is -2.09. The molecule has 0 saturated carbocycles. The van der Waals surface area contributed by atoms with Crippen LogP contribution in [0.15, 0.2) is 12.7 Å². The van der Waals surface area contributed by atoms with Crippen LogP contribution in [0.4, 0.5) is 0 Å². The molecule has 2 N–H and O–H groups in total. The van der Waals surface area contributed by atoms with Crippen LogP contribution in [0.1, 0.15) is 26.2 Å². The Morgan fingerprint density at radius 2 is 2.36 bits per heavy atom. The van der Waals surface area contributed by atoms with Crippen molar-refractivity contribution in [2.75, 3.05) is 13.2 Å². The molecule has 11 heavy (non-hydrogen) atoms. The molecule has 0 aliphatic carbocycles. The Labute approximate surface area is 69.4 Å². The van der Waals surface area contributed by atoms with E-state index in [1.54, 1.807) is 0 Å². The van der Waals surface area contributed by atoms with E-state index >= 15 is 0 Å². The van der Waals surface area contributed by atoms with Crippen molar-refractivity contribution in [3.63, 3.8) is 0 Å². The van der Waals surface area contributed by atoms with E-state index in [-0.39, 0.29) is 6.04 Å². The summed E-state index contributed by atoms with van der Waals surface area (Å²) in [5.41, 5.74) is 5.73. The highest BCUT2D eigenvalue weighted by atomic mass is 16.5. The molecule has 0 spiro atoms. The summed E-state index contributed by atoms with van der Waals surface area (Å²) in [6.45, 7) is 7.23. The van der Waals surface area contributed by atoms with E-state index in [9.17, 15) is 0 Å². The summed E-state index contributed by atoms with van der Waals surface area (Å²) >= 11 is 0. The van der Waals surface area contributed by atoms with E-state index in [1.165, 1.54) is 0 Å². The van der Waals surface area contributed by atoms with Crippen LogP contribution < -0.4 is 5.73 Å². The maximum atomic E-state index is 5.73. The molecule has 0 aromatic heterocycles. The summed E-state index contributed by atoms with van der Waals surface area (Å²) in [6, 6.07) is 0.180. The number of allylic oxidation sites excluding steroid dienone is 1. The van der Waals surface area contributed by atoms with Crippen molar-refractivity contribution >= 4 is 0 Å². The maximum Gasteiger partial charge on any atom is 0.0617 e. The molecule has 0 aromatic rings. The van der Waals surface area contributed by atoms with E-state index < -0.39 is 0 Å². The van der Waals surface area contributed by atoms with Crippen LogP contribution in [-0.4, -0.2) is 19.3 Å². The largest absolute Gasteiger partial charge is 0.380 e. The van der Waals surface area contributed by atoms with Crippen LogP contribution in [0.5, 0.6) is 0 Å². The number of rotatable bonds is 7.